The van der Waals surface area contributed by atoms with Crippen LogP contribution in [0.2, 0.25) is 0 Å². The van der Waals surface area contributed by atoms with Crippen LogP contribution in [0.5, 0.6) is 0 Å². The third kappa shape index (κ3) is 5.17. The Hall–Kier alpha value is -1.63. The number of hydrogen-bond donors (Lipinski definition) is 3. The van der Waals surface area contributed by atoms with Gasteiger partial charge in [-0.05, 0) is 44.4 Å². The molecule has 0 bridgehead atoms. The first-order valence-corrected chi connectivity index (χ1v) is 9.36. The summed E-state index contributed by atoms with van der Waals surface area (Å²) in [5, 5.41) is 22.6. The number of rotatable bonds is 9. The van der Waals surface area contributed by atoms with Gasteiger partial charge in [0.15, 0.2) is 12.0 Å². The second-order valence-corrected chi connectivity index (χ2v) is 6.93. The van der Waals surface area contributed by atoms with E-state index in [1.165, 1.54) is 19.2 Å². The lowest BCUT2D eigenvalue weighted by atomic mass is 9.99. The molecule has 0 amide bonds. The van der Waals surface area contributed by atoms with Crippen LogP contribution in [0.3, 0.4) is 0 Å². The summed E-state index contributed by atoms with van der Waals surface area (Å²) >= 11 is 0. The number of aliphatic hydroxyl groups is 2. The van der Waals surface area contributed by atoms with Gasteiger partial charge >= 0.3 is 0 Å². The third-order valence-electron chi connectivity index (χ3n) is 5.05. The van der Waals surface area contributed by atoms with Crippen LogP contribution in [0.4, 0.5) is 5.69 Å². The van der Waals surface area contributed by atoms with E-state index in [0.717, 1.165) is 55.7 Å². The number of unbranched alkanes of at least 4 members (excludes halogenated alkanes) is 3. The van der Waals surface area contributed by atoms with Crippen LogP contribution in [0, 0.1) is 0 Å². The smallest absolute Gasteiger partial charge is 0.181 e. The maximum atomic E-state index is 9.68. The number of benzene rings is 1. The number of nitrogens with zero attached hydrogens (tertiary/aromatic N) is 2. The Morgan fingerprint density at radius 3 is 3.00 bits per heavy atom. The summed E-state index contributed by atoms with van der Waals surface area (Å²) in [6.45, 7) is 3.02. The zero-order valence-electron chi connectivity index (χ0n) is 14.7. The molecule has 1 saturated heterocycles. The highest BCUT2D eigenvalue weighted by Crippen LogP contribution is 2.19. The van der Waals surface area contributed by atoms with Gasteiger partial charge in [0.2, 0.25) is 0 Å². The van der Waals surface area contributed by atoms with Gasteiger partial charge in [-0.1, -0.05) is 12.8 Å². The van der Waals surface area contributed by atoms with Crippen LogP contribution in [0.25, 0.3) is 11.1 Å². The molecule has 2 aromatic rings. The summed E-state index contributed by atoms with van der Waals surface area (Å²) < 4.78 is 5.31. The van der Waals surface area contributed by atoms with Crippen LogP contribution >= 0.6 is 0 Å². The lowest BCUT2D eigenvalue weighted by Gasteiger charge is -2.36. The fourth-order valence-corrected chi connectivity index (χ4v) is 3.55. The summed E-state index contributed by atoms with van der Waals surface area (Å²) in [4.78, 5) is 6.45. The molecule has 6 nitrogen and oxygen atoms in total. The average Bonchev–Trinajstić information content (AvgIpc) is 3.09. The fraction of sp³-hybridized carbons (Fsp3) is 0.632. The normalized spacial score (nSPS) is 21.7. The standard InChI is InChI=1S/C19H29N3O3/c23-13-16-12-17(24)7-10-22(16)9-4-2-1-3-8-20-15-5-6-18-19(11-15)25-14-21-18/h5-6,11,14,16-17,20,23-24H,1-4,7-10,12-13H2. The number of aromatic nitrogens is 1. The van der Waals surface area contributed by atoms with Crippen LogP contribution < -0.4 is 5.32 Å². The topological polar surface area (TPSA) is 81.8 Å². The van der Waals surface area contributed by atoms with Gasteiger partial charge in [-0.2, -0.15) is 0 Å². The van der Waals surface area contributed by atoms with Gasteiger partial charge in [-0.3, -0.25) is 4.90 Å². The van der Waals surface area contributed by atoms with Crippen molar-refractivity contribution in [3.05, 3.63) is 24.6 Å². The molecule has 1 fully saturated rings. The highest BCUT2D eigenvalue weighted by Gasteiger charge is 2.25. The van der Waals surface area contributed by atoms with Gasteiger partial charge < -0.3 is 19.9 Å². The summed E-state index contributed by atoms with van der Waals surface area (Å²) in [6.07, 6.45) is 7.44. The van der Waals surface area contributed by atoms with E-state index in [1.807, 2.05) is 18.2 Å². The lowest BCUT2D eigenvalue weighted by Crippen LogP contribution is -2.46. The Morgan fingerprint density at radius 1 is 1.24 bits per heavy atom. The summed E-state index contributed by atoms with van der Waals surface area (Å²) in [6, 6.07) is 6.12. The molecule has 3 N–H and O–H groups in total. The Balaban J connectivity index is 1.27. The molecule has 0 radical (unpaired) electrons. The molecular formula is C19H29N3O3. The SMILES string of the molecule is OCC1CC(O)CCN1CCCCCCNc1ccc2ncoc2c1. The molecule has 1 aromatic carbocycles. The van der Waals surface area contributed by atoms with Crippen LogP contribution in [-0.4, -0.2) is 58.5 Å². The maximum absolute atomic E-state index is 9.68. The van der Waals surface area contributed by atoms with Gasteiger partial charge in [0, 0.05) is 30.9 Å². The quantitative estimate of drug-likeness (QED) is 0.605. The first kappa shape index (κ1) is 18.2. The summed E-state index contributed by atoms with van der Waals surface area (Å²) in [5.41, 5.74) is 2.77. The zero-order chi connectivity index (χ0) is 17.5. The van der Waals surface area contributed by atoms with Crippen molar-refractivity contribution >= 4 is 16.8 Å². The van der Waals surface area contributed by atoms with E-state index < -0.39 is 0 Å². The minimum atomic E-state index is -0.240. The molecule has 1 aromatic heterocycles. The molecule has 0 spiro atoms. The van der Waals surface area contributed by atoms with Crippen molar-refractivity contribution in [1.82, 2.24) is 9.88 Å². The number of oxazole rings is 1. The monoisotopic (exact) mass is 347 g/mol. The number of likely N-dealkylation sites (tertiary alicyclic amines) is 1. The van der Waals surface area contributed by atoms with E-state index in [9.17, 15) is 10.2 Å². The first-order valence-electron chi connectivity index (χ1n) is 9.36. The average molecular weight is 347 g/mol. The fourth-order valence-electron chi connectivity index (χ4n) is 3.55. The summed E-state index contributed by atoms with van der Waals surface area (Å²) in [5.74, 6) is 0. The molecule has 0 saturated carbocycles. The molecule has 138 valence electrons. The molecule has 0 aliphatic carbocycles. The molecule has 2 heterocycles. The van der Waals surface area contributed by atoms with Gasteiger partial charge in [-0.15, -0.1) is 0 Å². The van der Waals surface area contributed by atoms with Crippen molar-refractivity contribution in [3.8, 4) is 0 Å². The van der Waals surface area contributed by atoms with Gasteiger partial charge in [0.25, 0.3) is 0 Å². The first-order chi connectivity index (χ1) is 12.3. The van der Waals surface area contributed by atoms with Crippen LogP contribution in [0.1, 0.15) is 38.5 Å². The van der Waals surface area contributed by atoms with E-state index in [-0.39, 0.29) is 18.8 Å². The second-order valence-electron chi connectivity index (χ2n) is 6.93. The second kappa shape index (κ2) is 9.17. The van der Waals surface area contributed by atoms with Crippen molar-refractivity contribution in [1.29, 1.82) is 0 Å². The number of aliphatic hydroxyl groups excluding tert-OH is 2. The Morgan fingerprint density at radius 2 is 2.12 bits per heavy atom. The van der Waals surface area contributed by atoms with Crippen molar-refractivity contribution in [2.75, 3.05) is 31.6 Å². The maximum Gasteiger partial charge on any atom is 0.181 e. The molecule has 1 aliphatic rings. The number of hydrogen-bond acceptors (Lipinski definition) is 6. The van der Waals surface area contributed by atoms with E-state index in [0.29, 0.717) is 6.42 Å². The van der Waals surface area contributed by atoms with E-state index >= 15 is 0 Å². The van der Waals surface area contributed by atoms with Gasteiger partial charge in [0.05, 0.1) is 12.7 Å². The number of nitrogens with one attached hydrogen (secondary N) is 1. The van der Waals surface area contributed by atoms with Gasteiger partial charge in [0.1, 0.15) is 5.52 Å². The largest absolute Gasteiger partial charge is 0.443 e. The Kier molecular flexibility index (Phi) is 6.67. The molecule has 3 rings (SSSR count). The predicted octanol–water partition coefficient (Wildman–Crippen LogP) is 2.62. The highest BCUT2D eigenvalue weighted by molar-refractivity contribution is 5.76. The highest BCUT2D eigenvalue weighted by atomic mass is 16.3. The van der Waals surface area contributed by atoms with E-state index in [4.69, 9.17) is 4.42 Å². The van der Waals surface area contributed by atoms with Crippen molar-refractivity contribution in [2.45, 2.75) is 50.7 Å². The molecule has 6 heteroatoms. The van der Waals surface area contributed by atoms with Crippen LogP contribution in [-0.2, 0) is 0 Å². The minimum Gasteiger partial charge on any atom is -0.443 e. The molecule has 25 heavy (non-hydrogen) atoms. The van der Waals surface area contributed by atoms with Crippen LogP contribution in [0.15, 0.2) is 29.0 Å². The molecule has 2 unspecified atom stereocenters. The van der Waals surface area contributed by atoms with E-state index in [2.05, 4.69) is 15.2 Å². The van der Waals surface area contributed by atoms with Crippen molar-refractivity contribution in [3.63, 3.8) is 0 Å². The summed E-state index contributed by atoms with van der Waals surface area (Å²) in [7, 11) is 0. The Bertz CT molecular complexity index is 646. The molecular weight excluding hydrogens is 318 g/mol. The lowest BCUT2D eigenvalue weighted by molar-refractivity contribution is 0.0163. The molecule has 1 aliphatic heterocycles. The molecule has 2 atom stereocenters. The van der Waals surface area contributed by atoms with Gasteiger partial charge in [-0.25, -0.2) is 4.98 Å². The minimum absolute atomic E-state index is 0.136. The number of fused-ring (bicyclic) bond motifs is 1. The number of piperidine rings is 1. The third-order valence-corrected chi connectivity index (χ3v) is 5.05. The predicted molar refractivity (Wildman–Crippen MR) is 98.7 cm³/mol. The van der Waals surface area contributed by atoms with Crippen molar-refractivity contribution in [2.24, 2.45) is 0 Å². The van der Waals surface area contributed by atoms with E-state index in [1.54, 1.807) is 0 Å². The number of anilines is 1. The Labute approximate surface area is 148 Å². The van der Waals surface area contributed by atoms with Crippen molar-refractivity contribution < 1.29 is 14.6 Å². The zero-order valence-corrected chi connectivity index (χ0v) is 14.7.